The Morgan fingerprint density at radius 1 is 1.60 bits per heavy atom. The number of carbonyl (C=O) groups excluding carboxylic acids is 1. The van der Waals surface area contributed by atoms with Gasteiger partial charge in [-0.15, -0.1) is 0 Å². The number of hydrogen-bond acceptors (Lipinski definition) is 4. The van der Waals surface area contributed by atoms with Crippen molar-refractivity contribution in [3.05, 3.63) is 24.2 Å². The van der Waals surface area contributed by atoms with Gasteiger partial charge in [0, 0.05) is 19.0 Å². The molecule has 0 bridgehead atoms. The molecule has 2 heterocycles. The van der Waals surface area contributed by atoms with Gasteiger partial charge in [-0.05, 0) is 45.7 Å². The second-order valence-electron chi connectivity index (χ2n) is 6.24. The minimum atomic E-state index is -0.682. The number of carbonyl (C=O) groups is 1. The molecule has 0 aliphatic carbocycles. The molecule has 1 fully saturated rings. The third kappa shape index (κ3) is 3.76. The Morgan fingerprint density at radius 3 is 2.95 bits per heavy atom. The molecule has 0 radical (unpaired) electrons. The molecule has 1 N–H and O–H groups in total. The van der Waals surface area contributed by atoms with Gasteiger partial charge in [0.1, 0.15) is 17.5 Å². The lowest BCUT2D eigenvalue weighted by Crippen LogP contribution is -2.40. The van der Waals surface area contributed by atoms with Crippen molar-refractivity contribution < 1.29 is 19.1 Å². The van der Waals surface area contributed by atoms with E-state index in [-0.39, 0.29) is 12.1 Å². The lowest BCUT2D eigenvalue weighted by molar-refractivity contribution is 0.0168. The number of rotatable bonds is 3. The maximum absolute atomic E-state index is 12.1. The van der Waals surface area contributed by atoms with Gasteiger partial charge in [0.15, 0.2) is 0 Å². The van der Waals surface area contributed by atoms with Crippen LogP contribution in [-0.2, 0) is 4.74 Å². The van der Waals surface area contributed by atoms with E-state index in [0.29, 0.717) is 18.7 Å². The van der Waals surface area contributed by atoms with Crippen molar-refractivity contribution in [1.29, 1.82) is 0 Å². The van der Waals surface area contributed by atoms with Crippen molar-refractivity contribution >= 4 is 6.09 Å². The zero-order valence-electron chi connectivity index (χ0n) is 12.3. The van der Waals surface area contributed by atoms with E-state index in [1.165, 1.54) is 0 Å². The fourth-order valence-electron chi connectivity index (χ4n) is 2.50. The largest absolute Gasteiger partial charge is 0.467 e. The number of aliphatic hydroxyl groups is 1. The second kappa shape index (κ2) is 5.87. The second-order valence-corrected chi connectivity index (χ2v) is 6.24. The normalized spacial score (nSPS) is 21.0. The molecule has 2 unspecified atom stereocenters. The molecule has 5 heteroatoms. The first-order valence-corrected chi connectivity index (χ1v) is 7.08. The highest BCUT2D eigenvalue weighted by molar-refractivity contribution is 5.68. The summed E-state index contributed by atoms with van der Waals surface area (Å²) in [7, 11) is 0. The van der Waals surface area contributed by atoms with Gasteiger partial charge in [-0.25, -0.2) is 4.79 Å². The summed E-state index contributed by atoms with van der Waals surface area (Å²) in [5.74, 6) is 0.543. The molecular weight excluding hydrogens is 258 g/mol. The van der Waals surface area contributed by atoms with Gasteiger partial charge in [-0.3, -0.25) is 0 Å². The van der Waals surface area contributed by atoms with Crippen molar-refractivity contribution in [2.45, 2.75) is 57.8 Å². The molecule has 1 aliphatic rings. The highest BCUT2D eigenvalue weighted by Gasteiger charge is 2.33. The average molecular weight is 281 g/mol. The highest BCUT2D eigenvalue weighted by atomic mass is 16.6. The first-order chi connectivity index (χ1) is 9.37. The summed E-state index contributed by atoms with van der Waals surface area (Å²) in [5.41, 5.74) is -0.496. The van der Waals surface area contributed by atoms with Crippen LogP contribution < -0.4 is 0 Å². The van der Waals surface area contributed by atoms with Gasteiger partial charge >= 0.3 is 6.09 Å². The van der Waals surface area contributed by atoms with Crippen LogP contribution in [0.5, 0.6) is 0 Å². The fraction of sp³-hybridized carbons (Fsp3) is 0.667. The minimum Gasteiger partial charge on any atom is -0.467 e. The van der Waals surface area contributed by atoms with Gasteiger partial charge in [-0.1, -0.05) is 0 Å². The quantitative estimate of drug-likeness (QED) is 0.924. The van der Waals surface area contributed by atoms with Crippen LogP contribution in [0, 0.1) is 0 Å². The molecule has 0 aromatic carbocycles. The van der Waals surface area contributed by atoms with E-state index in [1.807, 2.05) is 20.8 Å². The molecule has 1 aromatic heterocycles. The van der Waals surface area contributed by atoms with Gasteiger partial charge in [0.2, 0.25) is 0 Å². The van der Waals surface area contributed by atoms with Crippen LogP contribution in [0.2, 0.25) is 0 Å². The maximum atomic E-state index is 12.1. The summed E-state index contributed by atoms with van der Waals surface area (Å²) < 4.78 is 10.6. The van der Waals surface area contributed by atoms with E-state index in [9.17, 15) is 9.90 Å². The van der Waals surface area contributed by atoms with Crippen LogP contribution in [0.1, 0.15) is 51.9 Å². The van der Waals surface area contributed by atoms with Crippen LogP contribution in [-0.4, -0.2) is 34.3 Å². The van der Waals surface area contributed by atoms with Crippen LogP contribution in [0.3, 0.4) is 0 Å². The zero-order valence-corrected chi connectivity index (χ0v) is 12.3. The summed E-state index contributed by atoms with van der Waals surface area (Å²) in [5, 5.41) is 10.1. The van der Waals surface area contributed by atoms with Crippen molar-refractivity contribution in [1.82, 2.24) is 4.90 Å². The monoisotopic (exact) mass is 281 g/mol. The lowest BCUT2D eigenvalue weighted by Gasteiger charge is -2.29. The highest BCUT2D eigenvalue weighted by Crippen LogP contribution is 2.28. The standard InChI is InChI=1S/C15H23NO4/c1-15(2,3)20-14(18)16-8-4-6-11(16)10-12(17)13-7-5-9-19-13/h5,7,9,11-12,17H,4,6,8,10H2,1-3H3. The van der Waals surface area contributed by atoms with Gasteiger partial charge < -0.3 is 19.2 Å². The molecule has 1 aromatic rings. The Balaban J connectivity index is 1.95. The smallest absolute Gasteiger partial charge is 0.410 e. The molecule has 1 aliphatic heterocycles. The van der Waals surface area contributed by atoms with E-state index in [0.717, 1.165) is 12.8 Å². The Hall–Kier alpha value is -1.49. The van der Waals surface area contributed by atoms with Crippen molar-refractivity contribution in [2.75, 3.05) is 6.54 Å². The fourth-order valence-corrected chi connectivity index (χ4v) is 2.50. The number of hydrogen-bond donors (Lipinski definition) is 1. The van der Waals surface area contributed by atoms with E-state index in [2.05, 4.69) is 0 Å². The third-order valence-electron chi connectivity index (χ3n) is 3.37. The number of furan rings is 1. The minimum absolute atomic E-state index is 0.00458. The molecule has 112 valence electrons. The van der Waals surface area contributed by atoms with Crippen LogP contribution in [0.15, 0.2) is 22.8 Å². The number of amides is 1. The van der Waals surface area contributed by atoms with Crippen LogP contribution in [0.25, 0.3) is 0 Å². The molecular formula is C15H23NO4. The summed E-state index contributed by atoms with van der Waals surface area (Å²) in [6, 6.07) is 3.50. The number of aliphatic hydroxyl groups excluding tert-OH is 1. The Bertz CT molecular complexity index is 435. The average Bonchev–Trinajstić information content (AvgIpc) is 2.96. The van der Waals surface area contributed by atoms with Gasteiger partial charge in [0.05, 0.1) is 6.26 Å². The van der Waals surface area contributed by atoms with Gasteiger partial charge in [-0.2, -0.15) is 0 Å². The summed E-state index contributed by atoms with van der Waals surface area (Å²) >= 11 is 0. The molecule has 5 nitrogen and oxygen atoms in total. The maximum Gasteiger partial charge on any atom is 0.410 e. The van der Waals surface area contributed by atoms with Crippen LogP contribution in [0.4, 0.5) is 4.79 Å². The Morgan fingerprint density at radius 2 is 2.35 bits per heavy atom. The van der Waals surface area contributed by atoms with E-state index in [4.69, 9.17) is 9.15 Å². The lowest BCUT2D eigenvalue weighted by atomic mass is 10.1. The molecule has 1 saturated heterocycles. The Labute approximate surface area is 119 Å². The summed E-state index contributed by atoms with van der Waals surface area (Å²) in [6.07, 6.45) is 2.86. The molecule has 0 saturated carbocycles. The number of ether oxygens (including phenoxy) is 1. The third-order valence-corrected chi connectivity index (χ3v) is 3.37. The number of nitrogens with zero attached hydrogens (tertiary/aromatic N) is 1. The Kier molecular flexibility index (Phi) is 4.38. The first kappa shape index (κ1) is 14.9. The molecule has 2 rings (SSSR count). The van der Waals surface area contributed by atoms with Crippen molar-refractivity contribution in [3.63, 3.8) is 0 Å². The predicted octanol–water partition coefficient (Wildman–Crippen LogP) is 3.10. The first-order valence-electron chi connectivity index (χ1n) is 7.08. The molecule has 2 atom stereocenters. The van der Waals surface area contributed by atoms with Gasteiger partial charge in [0.25, 0.3) is 0 Å². The number of likely N-dealkylation sites (tertiary alicyclic amines) is 1. The molecule has 1 amide bonds. The van der Waals surface area contributed by atoms with E-state index >= 15 is 0 Å². The zero-order chi connectivity index (χ0) is 14.8. The van der Waals surface area contributed by atoms with E-state index < -0.39 is 11.7 Å². The topological polar surface area (TPSA) is 62.9 Å². The molecule has 0 spiro atoms. The molecule has 20 heavy (non-hydrogen) atoms. The van der Waals surface area contributed by atoms with E-state index in [1.54, 1.807) is 23.3 Å². The van der Waals surface area contributed by atoms with Crippen molar-refractivity contribution in [3.8, 4) is 0 Å². The summed E-state index contributed by atoms with van der Waals surface area (Å²) in [4.78, 5) is 13.9. The predicted molar refractivity (Wildman–Crippen MR) is 74.2 cm³/mol. The van der Waals surface area contributed by atoms with Crippen LogP contribution >= 0.6 is 0 Å². The SMILES string of the molecule is CC(C)(C)OC(=O)N1CCCC1CC(O)c1ccco1. The summed E-state index contributed by atoms with van der Waals surface area (Å²) in [6.45, 7) is 6.25. The van der Waals surface area contributed by atoms with Crippen molar-refractivity contribution in [2.24, 2.45) is 0 Å².